The van der Waals surface area contributed by atoms with Crippen molar-refractivity contribution >= 4 is 0 Å². The molecule has 0 bridgehead atoms. The maximum absolute atomic E-state index is 9.75. The first-order valence-corrected chi connectivity index (χ1v) is 5.95. The first kappa shape index (κ1) is 12.0. The molecule has 0 aromatic rings. The minimum absolute atomic E-state index is 0.0259. The molecule has 1 aliphatic rings. The lowest BCUT2D eigenvalue weighted by atomic mass is 9.82. The van der Waals surface area contributed by atoms with Crippen LogP contribution in [0.1, 0.15) is 59.3 Å². The molecule has 0 heterocycles. The van der Waals surface area contributed by atoms with E-state index in [4.69, 9.17) is 4.74 Å². The zero-order valence-corrected chi connectivity index (χ0v) is 9.75. The predicted octanol–water partition coefficient (Wildman–Crippen LogP) is 3.09. The van der Waals surface area contributed by atoms with E-state index < -0.39 is 6.29 Å². The van der Waals surface area contributed by atoms with Gasteiger partial charge in [-0.25, -0.2) is 0 Å². The molecule has 1 saturated carbocycles. The van der Waals surface area contributed by atoms with Gasteiger partial charge in [0.25, 0.3) is 0 Å². The van der Waals surface area contributed by atoms with Crippen molar-refractivity contribution in [1.29, 1.82) is 0 Å². The van der Waals surface area contributed by atoms with E-state index in [0.717, 1.165) is 19.3 Å². The van der Waals surface area contributed by atoms with Crippen LogP contribution in [0.15, 0.2) is 0 Å². The standard InChI is InChI=1S/C12H24O2/c1-4-12(8-6-5-7-9-12)14-11(13)10(2)3/h10-11,13H,4-9H2,1-3H3/t11-/m1/s1. The second-order valence-electron chi connectivity index (χ2n) is 4.85. The molecule has 0 amide bonds. The van der Waals surface area contributed by atoms with E-state index in [-0.39, 0.29) is 11.5 Å². The summed E-state index contributed by atoms with van der Waals surface area (Å²) in [7, 11) is 0. The third kappa shape index (κ3) is 2.96. The molecule has 0 saturated heterocycles. The molecule has 1 fully saturated rings. The quantitative estimate of drug-likeness (QED) is 0.707. The Morgan fingerprint density at radius 1 is 1.21 bits per heavy atom. The van der Waals surface area contributed by atoms with Crippen molar-refractivity contribution in [1.82, 2.24) is 0 Å². The largest absolute Gasteiger partial charge is 0.368 e. The van der Waals surface area contributed by atoms with Gasteiger partial charge in [-0.1, -0.05) is 40.0 Å². The Morgan fingerprint density at radius 2 is 1.79 bits per heavy atom. The van der Waals surface area contributed by atoms with Gasteiger partial charge in [0.1, 0.15) is 0 Å². The Balaban J connectivity index is 2.51. The Bertz CT molecular complexity index is 160. The van der Waals surface area contributed by atoms with Crippen LogP contribution in [0.25, 0.3) is 0 Å². The lowest BCUT2D eigenvalue weighted by molar-refractivity contribution is -0.215. The first-order chi connectivity index (χ1) is 6.59. The van der Waals surface area contributed by atoms with Crippen molar-refractivity contribution in [3.63, 3.8) is 0 Å². The smallest absolute Gasteiger partial charge is 0.157 e. The van der Waals surface area contributed by atoms with Crippen LogP contribution in [0.5, 0.6) is 0 Å². The number of hydrogen-bond acceptors (Lipinski definition) is 2. The van der Waals surface area contributed by atoms with Gasteiger partial charge in [0.2, 0.25) is 0 Å². The molecule has 2 heteroatoms. The Morgan fingerprint density at radius 3 is 2.21 bits per heavy atom. The summed E-state index contributed by atoms with van der Waals surface area (Å²) in [6.07, 6.45) is 6.49. The summed E-state index contributed by atoms with van der Waals surface area (Å²) in [4.78, 5) is 0. The first-order valence-electron chi connectivity index (χ1n) is 5.95. The normalized spacial score (nSPS) is 23.8. The Hall–Kier alpha value is -0.0800. The Labute approximate surface area is 87.7 Å². The van der Waals surface area contributed by atoms with Crippen LogP contribution < -0.4 is 0 Å². The molecule has 0 spiro atoms. The molecular formula is C12H24O2. The van der Waals surface area contributed by atoms with Crippen LogP contribution in [0.2, 0.25) is 0 Å². The summed E-state index contributed by atoms with van der Waals surface area (Å²) in [5.74, 6) is 0.195. The van der Waals surface area contributed by atoms with E-state index >= 15 is 0 Å². The third-order valence-corrected chi connectivity index (χ3v) is 3.35. The SMILES string of the molecule is CCC1(O[C@@H](O)C(C)C)CCCCC1. The molecule has 0 unspecified atom stereocenters. The van der Waals surface area contributed by atoms with Crippen molar-refractivity contribution in [3.8, 4) is 0 Å². The average Bonchev–Trinajstić information content (AvgIpc) is 2.19. The molecule has 84 valence electrons. The van der Waals surface area contributed by atoms with Gasteiger partial charge in [0.15, 0.2) is 6.29 Å². The highest BCUT2D eigenvalue weighted by atomic mass is 16.6. The fraction of sp³-hybridized carbons (Fsp3) is 1.00. The summed E-state index contributed by atoms with van der Waals surface area (Å²) in [5.41, 5.74) is -0.0259. The summed E-state index contributed by atoms with van der Waals surface area (Å²) < 4.78 is 5.85. The second kappa shape index (κ2) is 5.13. The maximum atomic E-state index is 9.75. The van der Waals surface area contributed by atoms with Gasteiger partial charge in [-0.15, -0.1) is 0 Å². The third-order valence-electron chi connectivity index (χ3n) is 3.35. The van der Waals surface area contributed by atoms with Crippen molar-refractivity contribution in [2.45, 2.75) is 71.2 Å². The molecule has 0 aromatic heterocycles. The van der Waals surface area contributed by atoms with Gasteiger partial charge in [0, 0.05) is 5.92 Å². The van der Waals surface area contributed by atoms with Crippen LogP contribution in [0.4, 0.5) is 0 Å². The monoisotopic (exact) mass is 200 g/mol. The number of aliphatic hydroxyl groups is 1. The zero-order chi connectivity index (χ0) is 10.6. The van der Waals surface area contributed by atoms with Gasteiger partial charge in [-0.2, -0.15) is 0 Å². The van der Waals surface area contributed by atoms with Crippen LogP contribution in [-0.2, 0) is 4.74 Å². The summed E-state index contributed by atoms with van der Waals surface area (Å²) in [6, 6.07) is 0. The lowest BCUT2D eigenvalue weighted by Gasteiger charge is -2.39. The predicted molar refractivity (Wildman–Crippen MR) is 58.0 cm³/mol. The van der Waals surface area contributed by atoms with Gasteiger partial charge in [0.05, 0.1) is 5.60 Å². The van der Waals surface area contributed by atoms with Gasteiger partial charge in [-0.05, 0) is 19.3 Å². The number of ether oxygens (including phenoxy) is 1. The van der Waals surface area contributed by atoms with E-state index in [0.29, 0.717) is 0 Å². The average molecular weight is 200 g/mol. The molecule has 1 rings (SSSR count). The van der Waals surface area contributed by atoms with E-state index in [9.17, 15) is 5.11 Å². The van der Waals surface area contributed by atoms with Crippen LogP contribution >= 0.6 is 0 Å². The van der Waals surface area contributed by atoms with Crippen LogP contribution in [-0.4, -0.2) is 17.0 Å². The fourth-order valence-electron chi connectivity index (χ4n) is 2.14. The minimum Gasteiger partial charge on any atom is -0.368 e. The molecule has 14 heavy (non-hydrogen) atoms. The van der Waals surface area contributed by atoms with E-state index in [1.54, 1.807) is 0 Å². The minimum atomic E-state index is -0.590. The maximum Gasteiger partial charge on any atom is 0.157 e. The van der Waals surface area contributed by atoms with E-state index in [2.05, 4.69) is 6.92 Å². The van der Waals surface area contributed by atoms with E-state index in [1.807, 2.05) is 13.8 Å². The molecule has 0 aliphatic heterocycles. The van der Waals surface area contributed by atoms with Crippen molar-refractivity contribution in [3.05, 3.63) is 0 Å². The molecular weight excluding hydrogens is 176 g/mol. The highest BCUT2D eigenvalue weighted by Gasteiger charge is 2.33. The van der Waals surface area contributed by atoms with E-state index in [1.165, 1.54) is 19.3 Å². The molecule has 1 aliphatic carbocycles. The number of hydrogen-bond donors (Lipinski definition) is 1. The van der Waals surface area contributed by atoms with Crippen molar-refractivity contribution in [2.24, 2.45) is 5.92 Å². The molecule has 1 N–H and O–H groups in total. The Kier molecular flexibility index (Phi) is 4.39. The fourth-order valence-corrected chi connectivity index (χ4v) is 2.14. The number of aliphatic hydroxyl groups excluding tert-OH is 1. The summed E-state index contributed by atoms with van der Waals surface area (Å²) >= 11 is 0. The highest BCUT2D eigenvalue weighted by molar-refractivity contribution is 4.83. The van der Waals surface area contributed by atoms with Gasteiger partial charge < -0.3 is 9.84 Å². The van der Waals surface area contributed by atoms with Crippen LogP contribution in [0.3, 0.4) is 0 Å². The van der Waals surface area contributed by atoms with Crippen molar-refractivity contribution < 1.29 is 9.84 Å². The topological polar surface area (TPSA) is 29.5 Å². The van der Waals surface area contributed by atoms with Crippen molar-refractivity contribution in [2.75, 3.05) is 0 Å². The van der Waals surface area contributed by atoms with Gasteiger partial charge >= 0.3 is 0 Å². The second-order valence-corrected chi connectivity index (χ2v) is 4.85. The highest BCUT2D eigenvalue weighted by Crippen LogP contribution is 2.35. The number of rotatable bonds is 4. The molecule has 1 atom stereocenters. The lowest BCUT2D eigenvalue weighted by Crippen LogP contribution is -2.39. The summed E-state index contributed by atoms with van der Waals surface area (Å²) in [5, 5.41) is 9.75. The van der Waals surface area contributed by atoms with Gasteiger partial charge in [-0.3, -0.25) is 0 Å². The molecule has 2 nitrogen and oxygen atoms in total. The van der Waals surface area contributed by atoms with Crippen LogP contribution in [0, 0.1) is 5.92 Å². The molecule has 0 radical (unpaired) electrons. The summed E-state index contributed by atoms with van der Waals surface area (Å²) in [6.45, 7) is 6.16. The molecule has 0 aromatic carbocycles. The zero-order valence-electron chi connectivity index (χ0n) is 9.75.